The van der Waals surface area contributed by atoms with Crippen molar-refractivity contribution in [3.63, 3.8) is 0 Å². The molecule has 1 N–H and O–H groups in total. The number of amides is 1. The molecule has 0 aliphatic rings. The van der Waals surface area contributed by atoms with Gasteiger partial charge in [-0.15, -0.1) is 11.8 Å². The second-order valence-electron chi connectivity index (χ2n) is 5.80. The maximum Gasteiger partial charge on any atom is 0.316 e. The molecule has 0 fully saturated rings. The molecule has 0 saturated carbocycles. The summed E-state index contributed by atoms with van der Waals surface area (Å²) in [6.45, 7) is 3.74. The zero-order valence-corrected chi connectivity index (χ0v) is 16.0. The average molecular weight is 380 g/mol. The fourth-order valence-corrected chi connectivity index (χ4v) is 3.77. The highest BCUT2D eigenvalue weighted by Crippen LogP contribution is 2.33. The largest absolute Gasteiger partial charge is 0.455 e. The third kappa shape index (κ3) is 5.94. The minimum absolute atomic E-state index is 0.0865. The van der Waals surface area contributed by atoms with Gasteiger partial charge in [-0.25, -0.2) is 0 Å². The summed E-state index contributed by atoms with van der Waals surface area (Å²) in [5, 5.41) is 5.40. The molecular formula is C19H22ClNO3S. The van der Waals surface area contributed by atoms with E-state index in [2.05, 4.69) is 12.2 Å². The Balaban J connectivity index is 1.86. The first kappa shape index (κ1) is 19.6. The third-order valence-corrected chi connectivity index (χ3v) is 5.00. The van der Waals surface area contributed by atoms with Crippen molar-refractivity contribution < 1.29 is 14.3 Å². The summed E-state index contributed by atoms with van der Waals surface area (Å²) >= 11 is 7.63. The number of benzene rings is 2. The highest BCUT2D eigenvalue weighted by molar-refractivity contribution is 8.00. The number of carbonyl (C=O) groups excluding carboxylic acids is 2. The van der Waals surface area contributed by atoms with Crippen LogP contribution < -0.4 is 5.32 Å². The Morgan fingerprint density at radius 2 is 1.96 bits per heavy atom. The molecule has 0 aliphatic carbocycles. The van der Waals surface area contributed by atoms with E-state index in [0.29, 0.717) is 5.02 Å². The van der Waals surface area contributed by atoms with Crippen LogP contribution in [0.15, 0.2) is 41.3 Å². The van der Waals surface area contributed by atoms with E-state index in [1.807, 2.05) is 43.3 Å². The van der Waals surface area contributed by atoms with Crippen LogP contribution in [-0.4, -0.2) is 30.3 Å². The van der Waals surface area contributed by atoms with Gasteiger partial charge in [0.25, 0.3) is 5.91 Å². The molecule has 0 heterocycles. The van der Waals surface area contributed by atoms with Crippen LogP contribution in [0.1, 0.15) is 26.7 Å². The summed E-state index contributed by atoms with van der Waals surface area (Å²) in [6.07, 6.45) is 1.89. The maximum atomic E-state index is 11.9. The van der Waals surface area contributed by atoms with Crippen molar-refractivity contribution in [2.45, 2.75) is 37.6 Å². The molecule has 0 saturated heterocycles. The van der Waals surface area contributed by atoms with Crippen molar-refractivity contribution >= 4 is 46.0 Å². The SMILES string of the molecule is CCC[C@@H](C)NC(=O)COC(=O)CSc1cccc2cccc(Cl)c12. The Hall–Kier alpha value is -1.72. The van der Waals surface area contributed by atoms with Crippen LogP contribution in [0.3, 0.4) is 0 Å². The van der Waals surface area contributed by atoms with Gasteiger partial charge in [0.15, 0.2) is 6.61 Å². The number of carbonyl (C=O) groups is 2. The number of esters is 1. The van der Waals surface area contributed by atoms with Gasteiger partial charge in [0, 0.05) is 21.3 Å². The molecule has 0 spiro atoms. The van der Waals surface area contributed by atoms with E-state index >= 15 is 0 Å². The van der Waals surface area contributed by atoms with Gasteiger partial charge in [0.05, 0.1) is 5.75 Å². The van der Waals surface area contributed by atoms with Gasteiger partial charge in [0.2, 0.25) is 0 Å². The molecule has 134 valence electrons. The average Bonchev–Trinajstić information content (AvgIpc) is 2.58. The predicted molar refractivity (Wildman–Crippen MR) is 103 cm³/mol. The second kappa shape index (κ2) is 9.68. The van der Waals surface area contributed by atoms with Gasteiger partial charge in [-0.1, -0.05) is 49.2 Å². The van der Waals surface area contributed by atoms with Gasteiger partial charge in [-0.2, -0.15) is 0 Å². The Kier molecular flexibility index (Phi) is 7.59. The van der Waals surface area contributed by atoms with Gasteiger partial charge >= 0.3 is 5.97 Å². The van der Waals surface area contributed by atoms with Gasteiger partial charge in [-0.3, -0.25) is 9.59 Å². The number of hydrogen-bond acceptors (Lipinski definition) is 4. The molecule has 2 rings (SSSR count). The van der Waals surface area contributed by atoms with Crippen molar-refractivity contribution in [2.24, 2.45) is 0 Å². The third-order valence-electron chi connectivity index (χ3n) is 3.65. The lowest BCUT2D eigenvalue weighted by atomic mass is 10.1. The van der Waals surface area contributed by atoms with Crippen molar-refractivity contribution in [1.82, 2.24) is 5.32 Å². The zero-order valence-electron chi connectivity index (χ0n) is 14.4. The standard InChI is InChI=1S/C19H22ClNO3S/c1-3-6-13(2)21-17(22)11-24-18(23)12-25-16-10-5-8-14-7-4-9-15(20)19(14)16/h4-5,7-10,13H,3,6,11-12H2,1-2H3,(H,21,22)/t13-/m1/s1. The Labute approximate surface area is 157 Å². The van der Waals surface area contributed by atoms with E-state index in [-0.39, 0.29) is 24.3 Å². The number of hydrogen-bond donors (Lipinski definition) is 1. The Morgan fingerprint density at radius 1 is 1.24 bits per heavy atom. The van der Waals surface area contributed by atoms with E-state index in [1.54, 1.807) is 0 Å². The predicted octanol–water partition coefficient (Wildman–Crippen LogP) is 4.43. The molecule has 1 atom stereocenters. The van der Waals surface area contributed by atoms with Crippen LogP contribution in [0.4, 0.5) is 0 Å². The highest BCUT2D eigenvalue weighted by atomic mass is 35.5. The van der Waals surface area contributed by atoms with Crippen LogP contribution in [0.25, 0.3) is 10.8 Å². The molecule has 0 bridgehead atoms. The molecule has 25 heavy (non-hydrogen) atoms. The summed E-state index contributed by atoms with van der Waals surface area (Å²) < 4.78 is 5.04. The van der Waals surface area contributed by atoms with E-state index in [1.165, 1.54) is 11.8 Å². The minimum Gasteiger partial charge on any atom is -0.455 e. The van der Waals surface area contributed by atoms with Crippen molar-refractivity contribution in [1.29, 1.82) is 0 Å². The van der Waals surface area contributed by atoms with Gasteiger partial charge < -0.3 is 10.1 Å². The number of fused-ring (bicyclic) bond motifs is 1. The summed E-state index contributed by atoms with van der Waals surface area (Å²) in [7, 11) is 0. The van der Waals surface area contributed by atoms with Crippen LogP contribution in [0.2, 0.25) is 5.02 Å². The van der Waals surface area contributed by atoms with E-state index < -0.39 is 5.97 Å². The molecule has 2 aromatic carbocycles. The molecule has 0 unspecified atom stereocenters. The number of nitrogens with one attached hydrogen (secondary N) is 1. The smallest absolute Gasteiger partial charge is 0.316 e. The molecular weight excluding hydrogens is 358 g/mol. The minimum atomic E-state index is -0.424. The lowest BCUT2D eigenvalue weighted by Gasteiger charge is -2.12. The summed E-state index contributed by atoms with van der Waals surface area (Å²) in [5.41, 5.74) is 0. The van der Waals surface area contributed by atoms with E-state index in [0.717, 1.165) is 28.5 Å². The van der Waals surface area contributed by atoms with Crippen LogP contribution in [0, 0.1) is 0 Å². The molecule has 4 nitrogen and oxygen atoms in total. The lowest BCUT2D eigenvalue weighted by Crippen LogP contribution is -2.35. The van der Waals surface area contributed by atoms with Gasteiger partial charge in [0.1, 0.15) is 0 Å². The normalized spacial score (nSPS) is 12.0. The first-order chi connectivity index (χ1) is 12.0. The Bertz CT molecular complexity index is 745. The van der Waals surface area contributed by atoms with Crippen LogP contribution >= 0.6 is 23.4 Å². The van der Waals surface area contributed by atoms with E-state index in [4.69, 9.17) is 16.3 Å². The molecule has 1 amide bonds. The van der Waals surface area contributed by atoms with Crippen molar-refractivity contribution in [2.75, 3.05) is 12.4 Å². The summed E-state index contributed by atoms with van der Waals surface area (Å²) in [5.74, 6) is -0.567. The quantitative estimate of drug-likeness (QED) is 0.544. The second-order valence-corrected chi connectivity index (χ2v) is 7.23. The molecule has 0 radical (unpaired) electrons. The van der Waals surface area contributed by atoms with E-state index in [9.17, 15) is 9.59 Å². The molecule has 6 heteroatoms. The number of rotatable bonds is 8. The highest BCUT2D eigenvalue weighted by Gasteiger charge is 2.12. The maximum absolute atomic E-state index is 11.9. The first-order valence-corrected chi connectivity index (χ1v) is 9.62. The van der Waals surface area contributed by atoms with Crippen LogP contribution in [0.5, 0.6) is 0 Å². The number of halogens is 1. The fourth-order valence-electron chi connectivity index (χ4n) is 2.53. The topological polar surface area (TPSA) is 55.4 Å². The number of thioether (sulfide) groups is 1. The van der Waals surface area contributed by atoms with Gasteiger partial charge in [-0.05, 0) is 30.9 Å². The van der Waals surface area contributed by atoms with Crippen molar-refractivity contribution in [3.05, 3.63) is 41.4 Å². The lowest BCUT2D eigenvalue weighted by molar-refractivity contribution is -0.146. The fraction of sp³-hybridized carbons (Fsp3) is 0.368. The number of ether oxygens (including phenoxy) is 1. The van der Waals surface area contributed by atoms with Crippen molar-refractivity contribution in [3.8, 4) is 0 Å². The first-order valence-electron chi connectivity index (χ1n) is 8.26. The molecule has 0 aliphatic heterocycles. The molecule has 2 aromatic rings. The van der Waals surface area contributed by atoms with Crippen LogP contribution in [-0.2, 0) is 14.3 Å². The monoisotopic (exact) mass is 379 g/mol. The Morgan fingerprint density at radius 3 is 2.68 bits per heavy atom. The zero-order chi connectivity index (χ0) is 18.2. The summed E-state index contributed by atoms with van der Waals surface area (Å²) in [6, 6.07) is 11.6. The molecule has 0 aromatic heterocycles. The summed E-state index contributed by atoms with van der Waals surface area (Å²) in [4.78, 5) is 24.5.